The molecule has 1 aliphatic rings. The molecule has 1 saturated heterocycles. The number of nitrogens with zero attached hydrogens (tertiary/aromatic N) is 1. The normalized spacial score (nSPS) is 14.7. The zero-order valence-corrected chi connectivity index (χ0v) is 14.9. The second-order valence-electron chi connectivity index (χ2n) is 5.55. The first-order valence-corrected chi connectivity index (χ1v) is 7.95. The van der Waals surface area contributed by atoms with E-state index in [1.165, 1.54) is 0 Å². The molecule has 0 bridgehead atoms. The van der Waals surface area contributed by atoms with Crippen LogP contribution in [0.3, 0.4) is 0 Å². The molecule has 0 unspecified atom stereocenters. The molecule has 5 nitrogen and oxygen atoms in total. The van der Waals surface area contributed by atoms with Crippen molar-refractivity contribution < 1.29 is 14.3 Å². The van der Waals surface area contributed by atoms with Crippen molar-refractivity contribution >= 4 is 18.3 Å². The highest BCUT2D eigenvalue weighted by Crippen LogP contribution is 2.27. The monoisotopic (exact) mass is 342 g/mol. The summed E-state index contributed by atoms with van der Waals surface area (Å²) in [4.78, 5) is 15.0. The summed E-state index contributed by atoms with van der Waals surface area (Å²) in [6, 6.07) is 5.67. The van der Waals surface area contributed by atoms with Crippen molar-refractivity contribution in [1.29, 1.82) is 0 Å². The second kappa shape index (κ2) is 9.63. The van der Waals surface area contributed by atoms with Gasteiger partial charge in [0.1, 0.15) is 11.5 Å². The van der Waals surface area contributed by atoms with Gasteiger partial charge in [0, 0.05) is 18.7 Å². The molecule has 0 saturated carbocycles. The fourth-order valence-corrected chi connectivity index (χ4v) is 2.94. The maximum Gasteiger partial charge on any atom is 0.257 e. The van der Waals surface area contributed by atoms with Crippen molar-refractivity contribution in [2.75, 3.05) is 33.9 Å². The molecule has 1 amide bonds. The molecule has 23 heavy (non-hydrogen) atoms. The summed E-state index contributed by atoms with van der Waals surface area (Å²) in [6.45, 7) is 4.82. The highest BCUT2D eigenvalue weighted by atomic mass is 35.5. The van der Waals surface area contributed by atoms with Gasteiger partial charge in [-0.05, 0) is 44.5 Å². The lowest BCUT2D eigenvalue weighted by atomic mass is 10.0. The molecular formula is C17H27ClN2O3. The number of amides is 1. The van der Waals surface area contributed by atoms with Crippen LogP contribution in [0.25, 0.3) is 0 Å². The average molecular weight is 343 g/mol. The van der Waals surface area contributed by atoms with Crippen LogP contribution in [-0.2, 0) is 0 Å². The van der Waals surface area contributed by atoms with Crippen LogP contribution < -0.4 is 14.8 Å². The summed E-state index contributed by atoms with van der Waals surface area (Å²) in [7, 11) is 3.19. The number of piperidine rings is 1. The Kier molecular flexibility index (Phi) is 8.20. The van der Waals surface area contributed by atoms with Gasteiger partial charge in [-0.3, -0.25) is 4.79 Å². The summed E-state index contributed by atoms with van der Waals surface area (Å²) in [5, 5.41) is 3.35. The number of nitrogens with one attached hydrogen (secondary N) is 1. The second-order valence-corrected chi connectivity index (χ2v) is 5.55. The van der Waals surface area contributed by atoms with Gasteiger partial charge in [-0.25, -0.2) is 0 Å². The van der Waals surface area contributed by atoms with Gasteiger partial charge in [-0.2, -0.15) is 0 Å². The lowest BCUT2D eigenvalue weighted by Gasteiger charge is -2.35. The number of methoxy groups -OCH3 is 2. The first kappa shape index (κ1) is 19.6. The number of hydrogen-bond donors (Lipinski definition) is 1. The van der Waals surface area contributed by atoms with E-state index in [2.05, 4.69) is 12.2 Å². The molecule has 1 fully saturated rings. The molecule has 0 aromatic heterocycles. The molecule has 0 atom stereocenters. The fourth-order valence-electron chi connectivity index (χ4n) is 2.94. The van der Waals surface area contributed by atoms with Gasteiger partial charge >= 0.3 is 0 Å². The Morgan fingerprint density at radius 3 is 2.52 bits per heavy atom. The third-order valence-electron chi connectivity index (χ3n) is 4.11. The zero-order chi connectivity index (χ0) is 15.9. The molecule has 130 valence electrons. The highest BCUT2D eigenvalue weighted by molar-refractivity contribution is 5.97. The van der Waals surface area contributed by atoms with Crippen LogP contribution in [0.15, 0.2) is 18.2 Å². The van der Waals surface area contributed by atoms with Crippen LogP contribution in [0.4, 0.5) is 0 Å². The van der Waals surface area contributed by atoms with Gasteiger partial charge in [0.15, 0.2) is 0 Å². The van der Waals surface area contributed by atoms with Crippen LogP contribution >= 0.6 is 12.4 Å². The van der Waals surface area contributed by atoms with Crippen molar-refractivity contribution in [1.82, 2.24) is 10.2 Å². The minimum atomic E-state index is 0. The van der Waals surface area contributed by atoms with Crippen molar-refractivity contribution in [2.45, 2.75) is 32.2 Å². The third-order valence-corrected chi connectivity index (χ3v) is 4.11. The summed E-state index contributed by atoms with van der Waals surface area (Å²) >= 11 is 0. The van der Waals surface area contributed by atoms with Gasteiger partial charge < -0.3 is 19.7 Å². The van der Waals surface area contributed by atoms with Crippen molar-refractivity contribution in [3.05, 3.63) is 23.8 Å². The van der Waals surface area contributed by atoms with Crippen LogP contribution in [0.2, 0.25) is 0 Å². The van der Waals surface area contributed by atoms with Gasteiger partial charge in [-0.15, -0.1) is 12.4 Å². The van der Waals surface area contributed by atoms with E-state index in [4.69, 9.17) is 9.47 Å². The SMILES string of the molecule is CCCN(C(=O)c1ccc(OC)cc1OC)C1CCNCC1.Cl. The number of carbonyl (C=O) groups excluding carboxylic acids is 1. The Bertz CT molecular complexity index is 505. The predicted octanol–water partition coefficient (Wildman–Crippen LogP) is 2.73. The summed E-state index contributed by atoms with van der Waals surface area (Å²) in [5.74, 6) is 1.31. The average Bonchev–Trinajstić information content (AvgIpc) is 2.59. The van der Waals surface area contributed by atoms with Gasteiger partial charge in [0.05, 0.1) is 19.8 Å². The summed E-state index contributed by atoms with van der Waals surface area (Å²) < 4.78 is 10.6. The minimum Gasteiger partial charge on any atom is -0.497 e. The van der Waals surface area contributed by atoms with E-state index in [0.717, 1.165) is 38.9 Å². The summed E-state index contributed by atoms with van der Waals surface area (Å²) in [5.41, 5.74) is 0.607. The molecule has 6 heteroatoms. The van der Waals surface area contributed by atoms with E-state index >= 15 is 0 Å². The molecule has 0 aliphatic carbocycles. The number of rotatable bonds is 6. The van der Waals surface area contributed by atoms with Crippen molar-refractivity contribution in [2.24, 2.45) is 0 Å². The molecule has 2 rings (SSSR count). The molecule has 1 aromatic rings. The van der Waals surface area contributed by atoms with E-state index in [1.807, 2.05) is 11.0 Å². The molecule has 0 radical (unpaired) electrons. The standard InChI is InChI=1S/C17H26N2O3.ClH/c1-4-11-19(13-7-9-18-10-8-13)17(20)15-6-5-14(21-2)12-16(15)22-3;/h5-6,12-13,18H,4,7-11H2,1-3H3;1H. The number of hydrogen-bond acceptors (Lipinski definition) is 4. The van der Waals surface area contributed by atoms with E-state index < -0.39 is 0 Å². The predicted molar refractivity (Wildman–Crippen MR) is 94.0 cm³/mol. The van der Waals surface area contributed by atoms with E-state index in [-0.39, 0.29) is 18.3 Å². The van der Waals surface area contributed by atoms with Gasteiger partial charge in [0.2, 0.25) is 0 Å². The van der Waals surface area contributed by atoms with E-state index in [0.29, 0.717) is 23.1 Å². The fraction of sp³-hybridized carbons (Fsp3) is 0.588. The number of benzene rings is 1. The van der Waals surface area contributed by atoms with Gasteiger partial charge in [-0.1, -0.05) is 6.92 Å². The van der Waals surface area contributed by atoms with Crippen LogP contribution in [-0.4, -0.2) is 50.7 Å². The van der Waals surface area contributed by atoms with E-state index in [1.54, 1.807) is 26.4 Å². The molecule has 0 spiro atoms. The smallest absolute Gasteiger partial charge is 0.257 e. The topological polar surface area (TPSA) is 50.8 Å². The maximum atomic E-state index is 13.0. The molecular weight excluding hydrogens is 316 g/mol. The largest absolute Gasteiger partial charge is 0.497 e. The molecule has 1 heterocycles. The Morgan fingerprint density at radius 1 is 1.26 bits per heavy atom. The van der Waals surface area contributed by atoms with Crippen LogP contribution in [0.1, 0.15) is 36.5 Å². The highest BCUT2D eigenvalue weighted by Gasteiger charge is 2.27. The third kappa shape index (κ3) is 4.75. The lowest BCUT2D eigenvalue weighted by molar-refractivity contribution is 0.0639. The lowest BCUT2D eigenvalue weighted by Crippen LogP contribution is -2.46. The zero-order valence-electron chi connectivity index (χ0n) is 14.1. The van der Waals surface area contributed by atoms with Gasteiger partial charge in [0.25, 0.3) is 5.91 Å². The first-order valence-electron chi connectivity index (χ1n) is 7.95. The Balaban J connectivity index is 0.00000264. The van der Waals surface area contributed by atoms with Crippen molar-refractivity contribution in [3.63, 3.8) is 0 Å². The Labute approximate surface area is 144 Å². The number of ether oxygens (including phenoxy) is 2. The van der Waals surface area contributed by atoms with E-state index in [9.17, 15) is 4.79 Å². The van der Waals surface area contributed by atoms with Crippen LogP contribution in [0, 0.1) is 0 Å². The Hall–Kier alpha value is -1.46. The molecule has 1 aromatic carbocycles. The minimum absolute atomic E-state index is 0. The molecule has 1 aliphatic heterocycles. The number of halogens is 1. The maximum absolute atomic E-state index is 13.0. The first-order chi connectivity index (χ1) is 10.7. The molecule has 1 N–H and O–H groups in total. The summed E-state index contributed by atoms with van der Waals surface area (Å²) in [6.07, 6.45) is 2.96. The number of carbonyl (C=O) groups is 1. The Morgan fingerprint density at radius 2 is 1.96 bits per heavy atom. The van der Waals surface area contributed by atoms with Crippen LogP contribution in [0.5, 0.6) is 11.5 Å². The van der Waals surface area contributed by atoms with Crippen molar-refractivity contribution in [3.8, 4) is 11.5 Å². The quantitative estimate of drug-likeness (QED) is 0.863.